The lowest BCUT2D eigenvalue weighted by molar-refractivity contribution is 0.414. The van der Waals surface area contributed by atoms with Crippen LogP contribution in [0.4, 0.5) is 0 Å². The summed E-state index contributed by atoms with van der Waals surface area (Å²) in [4.78, 5) is 0.347. The minimum atomic E-state index is -3.26. The van der Waals surface area contributed by atoms with E-state index in [0.29, 0.717) is 4.90 Å². The maximum atomic E-state index is 12.1. The number of sulfone groups is 1. The SMILES string of the molecule is CCCCC#CC1=C(c2cccc(S(C)(=O)=O)c2)CCCc2cc(OC)ccc21. The highest BCUT2D eigenvalue weighted by atomic mass is 32.2. The zero-order chi connectivity index (χ0) is 20.9. The van der Waals surface area contributed by atoms with Crippen molar-refractivity contribution in [2.45, 2.75) is 50.3 Å². The van der Waals surface area contributed by atoms with Crippen LogP contribution in [-0.2, 0) is 16.3 Å². The predicted molar refractivity (Wildman–Crippen MR) is 120 cm³/mol. The van der Waals surface area contributed by atoms with E-state index < -0.39 is 9.84 Å². The molecule has 0 saturated heterocycles. The van der Waals surface area contributed by atoms with Crippen molar-refractivity contribution in [1.82, 2.24) is 0 Å². The third-order valence-electron chi connectivity index (χ3n) is 5.24. The van der Waals surface area contributed by atoms with Gasteiger partial charge in [0.2, 0.25) is 0 Å². The third-order valence-corrected chi connectivity index (χ3v) is 6.35. The second-order valence-electron chi connectivity index (χ2n) is 7.44. The number of allylic oxidation sites excluding steroid dienone is 2. The first kappa shape index (κ1) is 21.2. The van der Waals surface area contributed by atoms with E-state index in [2.05, 4.69) is 30.9 Å². The van der Waals surface area contributed by atoms with Gasteiger partial charge in [-0.1, -0.05) is 37.3 Å². The Labute approximate surface area is 174 Å². The predicted octanol–water partition coefficient (Wildman–Crippen LogP) is 5.54. The van der Waals surface area contributed by atoms with Crippen molar-refractivity contribution in [2.75, 3.05) is 13.4 Å². The number of aryl methyl sites for hydroxylation is 1. The summed E-state index contributed by atoms with van der Waals surface area (Å²) in [6.07, 6.45) is 7.10. The lowest BCUT2D eigenvalue weighted by Crippen LogP contribution is -1.99. The van der Waals surface area contributed by atoms with Crippen LogP contribution in [0.2, 0.25) is 0 Å². The molecule has 4 heteroatoms. The van der Waals surface area contributed by atoms with Crippen molar-refractivity contribution in [3.05, 3.63) is 59.2 Å². The molecule has 0 fully saturated rings. The molecule has 1 aliphatic carbocycles. The van der Waals surface area contributed by atoms with E-state index in [1.54, 1.807) is 19.2 Å². The van der Waals surface area contributed by atoms with Gasteiger partial charge in [-0.25, -0.2) is 8.42 Å². The number of ether oxygens (including phenoxy) is 1. The molecule has 3 rings (SSSR count). The maximum absolute atomic E-state index is 12.1. The van der Waals surface area contributed by atoms with E-state index in [0.717, 1.165) is 66.5 Å². The Kier molecular flexibility index (Phi) is 6.82. The van der Waals surface area contributed by atoms with E-state index in [9.17, 15) is 8.42 Å². The van der Waals surface area contributed by atoms with Crippen LogP contribution in [0.25, 0.3) is 11.1 Å². The fourth-order valence-corrected chi connectivity index (χ4v) is 4.32. The number of methoxy groups -OCH3 is 1. The number of rotatable bonds is 5. The van der Waals surface area contributed by atoms with Gasteiger partial charge in [0, 0.05) is 18.2 Å². The number of hydrogen-bond donors (Lipinski definition) is 0. The van der Waals surface area contributed by atoms with Gasteiger partial charge in [-0.3, -0.25) is 0 Å². The molecule has 0 N–H and O–H groups in total. The van der Waals surface area contributed by atoms with Crippen LogP contribution in [-0.4, -0.2) is 21.8 Å². The topological polar surface area (TPSA) is 43.4 Å². The van der Waals surface area contributed by atoms with Gasteiger partial charge in [0.15, 0.2) is 9.84 Å². The number of fused-ring (bicyclic) bond motifs is 1. The van der Waals surface area contributed by atoms with Gasteiger partial charge in [-0.05, 0) is 78.3 Å². The quantitative estimate of drug-likeness (QED) is 0.482. The second kappa shape index (κ2) is 9.33. The third kappa shape index (κ3) is 5.10. The molecule has 0 saturated carbocycles. The van der Waals surface area contributed by atoms with Crippen molar-refractivity contribution in [2.24, 2.45) is 0 Å². The van der Waals surface area contributed by atoms with E-state index in [1.165, 1.54) is 11.8 Å². The first-order valence-corrected chi connectivity index (χ1v) is 12.0. The van der Waals surface area contributed by atoms with Gasteiger partial charge in [0.05, 0.1) is 12.0 Å². The zero-order valence-electron chi connectivity index (χ0n) is 17.4. The Hall–Kier alpha value is -2.51. The second-order valence-corrected chi connectivity index (χ2v) is 9.45. The summed E-state index contributed by atoms with van der Waals surface area (Å²) in [5.41, 5.74) is 5.45. The molecule has 0 spiro atoms. The highest BCUT2D eigenvalue weighted by Gasteiger charge is 2.19. The molecule has 0 aromatic heterocycles. The summed E-state index contributed by atoms with van der Waals surface area (Å²) in [5, 5.41) is 0. The van der Waals surface area contributed by atoms with Gasteiger partial charge < -0.3 is 4.74 Å². The van der Waals surface area contributed by atoms with Crippen molar-refractivity contribution < 1.29 is 13.2 Å². The number of hydrogen-bond acceptors (Lipinski definition) is 3. The maximum Gasteiger partial charge on any atom is 0.175 e. The Morgan fingerprint density at radius 3 is 2.66 bits per heavy atom. The van der Waals surface area contributed by atoms with Crippen molar-refractivity contribution in [3.8, 4) is 17.6 Å². The average molecular weight is 409 g/mol. The summed E-state index contributed by atoms with van der Waals surface area (Å²) >= 11 is 0. The highest BCUT2D eigenvalue weighted by molar-refractivity contribution is 7.90. The van der Waals surface area contributed by atoms with Gasteiger partial charge in [0.1, 0.15) is 5.75 Å². The van der Waals surface area contributed by atoms with Crippen LogP contribution < -0.4 is 4.74 Å². The lowest BCUT2D eigenvalue weighted by Gasteiger charge is -2.13. The van der Waals surface area contributed by atoms with Gasteiger partial charge in [-0.15, -0.1) is 0 Å². The molecule has 29 heavy (non-hydrogen) atoms. The fourth-order valence-electron chi connectivity index (χ4n) is 3.65. The van der Waals surface area contributed by atoms with Gasteiger partial charge >= 0.3 is 0 Å². The molecule has 2 aromatic rings. The molecule has 0 heterocycles. The average Bonchev–Trinajstić information content (AvgIpc) is 2.89. The summed E-state index contributed by atoms with van der Waals surface area (Å²) in [7, 11) is -1.58. The van der Waals surface area contributed by atoms with Gasteiger partial charge in [-0.2, -0.15) is 0 Å². The molecular weight excluding hydrogens is 380 g/mol. The number of unbranched alkanes of at least 4 members (excludes halogenated alkanes) is 2. The van der Waals surface area contributed by atoms with Crippen LogP contribution in [0.15, 0.2) is 47.4 Å². The number of benzene rings is 2. The highest BCUT2D eigenvalue weighted by Crippen LogP contribution is 2.37. The summed E-state index contributed by atoms with van der Waals surface area (Å²) in [6, 6.07) is 13.4. The summed E-state index contributed by atoms with van der Waals surface area (Å²) < 4.78 is 29.6. The summed E-state index contributed by atoms with van der Waals surface area (Å²) in [6.45, 7) is 2.16. The Morgan fingerprint density at radius 2 is 1.93 bits per heavy atom. The normalized spacial score (nSPS) is 13.9. The first-order valence-electron chi connectivity index (χ1n) is 10.1. The molecule has 2 aromatic carbocycles. The molecule has 0 amide bonds. The van der Waals surface area contributed by atoms with Crippen LogP contribution in [0, 0.1) is 11.8 Å². The van der Waals surface area contributed by atoms with Gasteiger partial charge in [0.25, 0.3) is 0 Å². The van der Waals surface area contributed by atoms with Crippen LogP contribution in [0.5, 0.6) is 5.75 Å². The molecule has 0 unspecified atom stereocenters. The smallest absolute Gasteiger partial charge is 0.175 e. The monoisotopic (exact) mass is 408 g/mol. The lowest BCUT2D eigenvalue weighted by atomic mass is 9.92. The molecular formula is C25H28O3S. The van der Waals surface area contributed by atoms with E-state index in [1.807, 2.05) is 18.2 Å². The minimum Gasteiger partial charge on any atom is -0.497 e. The van der Waals surface area contributed by atoms with Crippen LogP contribution >= 0.6 is 0 Å². The fraction of sp³-hybridized carbons (Fsp3) is 0.360. The molecule has 152 valence electrons. The summed E-state index contributed by atoms with van der Waals surface area (Å²) in [5.74, 6) is 7.63. The molecule has 0 atom stereocenters. The molecule has 1 aliphatic rings. The largest absolute Gasteiger partial charge is 0.497 e. The Morgan fingerprint density at radius 1 is 1.10 bits per heavy atom. The minimum absolute atomic E-state index is 0.347. The molecule has 0 radical (unpaired) electrons. The van der Waals surface area contributed by atoms with Crippen molar-refractivity contribution >= 4 is 21.0 Å². The molecule has 0 bridgehead atoms. The Bertz CT molecular complexity index is 1080. The van der Waals surface area contributed by atoms with E-state index >= 15 is 0 Å². The van der Waals surface area contributed by atoms with E-state index in [4.69, 9.17) is 4.74 Å². The zero-order valence-corrected chi connectivity index (χ0v) is 18.2. The van der Waals surface area contributed by atoms with Crippen molar-refractivity contribution in [1.29, 1.82) is 0 Å². The van der Waals surface area contributed by atoms with Crippen molar-refractivity contribution in [3.63, 3.8) is 0 Å². The van der Waals surface area contributed by atoms with Crippen LogP contribution in [0.3, 0.4) is 0 Å². The standard InChI is InChI=1S/C25H28O3S/c1-4-5-6-7-13-25-23(20-10-8-12-22(18-20)29(3,26)27)14-9-11-19-17-21(28-2)15-16-24(19)25/h8,10,12,15-18H,4-6,9,11,14H2,1-3H3. The van der Waals surface area contributed by atoms with E-state index in [-0.39, 0.29) is 0 Å². The Balaban J connectivity index is 2.19. The first-order chi connectivity index (χ1) is 13.9. The molecule has 0 aliphatic heterocycles. The molecule has 3 nitrogen and oxygen atoms in total. The van der Waals surface area contributed by atoms with Crippen LogP contribution in [0.1, 0.15) is 55.7 Å².